The molecule has 0 saturated heterocycles. The Bertz CT molecular complexity index is 1260. The third kappa shape index (κ3) is 4.50. The van der Waals surface area contributed by atoms with Crippen LogP contribution in [0, 0.1) is 11.8 Å². The van der Waals surface area contributed by atoms with Crippen LogP contribution in [0.15, 0.2) is 48.7 Å². The minimum absolute atomic E-state index is 0.0631. The van der Waals surface area contributed by atoms with E-state index in [1.807, 2.05) is 18.2 Å². The summed E-state index contributed by atoms with van der Waals surface area (Å²) in [4.78, 5) is 26.9. The first-order chi connectivity index (χ1) is 18.0. The van der Waals surface area contributed by atoms with Crippen molar-refractivity contribution in [1.82, 2.24) is 0 Å². The van der Waals surface area contributed by atoms with Gasteiger partial charge in [0, 0.05) is 41.9 Å². The molecule has 2 aliphatic carbocycles. The van der Waals surface area contributed by atoms with Gasteiger partial charge in [-0.3, -0.25) is 4.79 Å². The van der Waals surface area contributed by atoms with E-state index >= 15 is 0 Å². The number of allylic oxidation sites excluding steroid dienone is 1. The number of fused-ring (bicyclic) bond motifs is 3. The number of carbonyl (C=O) groups excluding carboxylic acids is 2. The summed E-state index contributed by atoms with van der Waals surface area (Å²) in [5.41, 5.74) is 3.86. The van der Waals surface area contributed by atoms with Crippen LogP contribution in [0.1, 0.15) is 53.6 Å². The average Bonchev–Trinajstić information content (AvgIpc) is 3.03. The Balaban J connectivity index is 1.36. The summed E-state index contributed by atoms with van der Waals surface area (Å²) in [6.45, 7) is 2.17. The second kappa shape index (κ2) is 9.71. The number of halogens is 1. The normalized spacial score (nSPS) is 28.3. The zero-order chi connectivity index (χ0) is 25.6. The predicted octanol–water partition coefficient (Wildman–Crippen LogP) is 5.50. The standard InChI is InChI=1S/C30H32ClNO5/c1-35-29(34)20-5-9-27-26(14-20)32(16-21-4-7-24(21)28-15-23(33)10-12-36-28)17-30(18-37-27)11-2-3-19-13-22(31)6-8-25(19)30/h5-6,8-10,12-14,21,24,28H,2-4,7,11,15-18H2,1H3/t21-,24+,28-,30-/m0/s1. The third-order valence-corrected chi connectivity index (χ3v) is 9.01. The molecule has 2 aliphatic heterocycles. The van der Waals surface area contributed by atoms with Crippen molar-refractivity contribution in [1.29, 1.82) is 0 Å². The summed E-state index contributed by atoms with van der Waals surface area (Å²) in [5.74, 6) is 1.28. The zero-order valence-corrected chi connectivity index (χ0v) is 21.8. The zero-order valence-electron chi connectivity index (χ0n) is 21.1. The van der Waals surface area contributed by atoms with E-state index in [4.69, 9.17) is 25.8 Å². The molecule has 1 saturated carbocycles. The van der Waals surface area contributed by atoms with Crippen LogP contribution < -0.4 is 9.64 Å². The second-order valence-corrected chi connectivity index (χ2v) is 11.4. The van der Waals surface area contributed by atoms with E-state index in [-0.39, 0.29) is 23.3 Å². The Morgan fingerprint density at radius 3 is 2.89 bits per heavy atom. The first-order valence-electron chi connectivity index (χ1n) is 13.2. The summed E-state index contributed by atoms with van der Waals surface area (Å²) in [6.07, 6.45) is 8.73. The number of ketones is 1. The summed E-state index contributed by atoms with van der Waals surface area (Å²) >= 11 is 6.37. The van der Waals surface area contributed by atoms with Gasteiger partial charge in [0.05, 0.1) is 31.2 Å². The number of hydrogen-bond donors (Lipinski definition) is 0. The van der Waals surface area contributed by atoms with Crippen molar-refractivity contribution in [3.63, 3.8) is 0 Å². The van der Waals surface area contributed by atoms with Crippen LogP contribution in [0.2, 0.25) is 5.02 Å². The molecule has 4 atom stereocenters. The molecule has 2 heterocycles. The van der Waals surface area contributed by atoms with Crippen molar-refractivity contribution in [2.75, 3.05) is 31.7 Å². The van der Waals surface area contributed by atoms with Crippen LogP contribution >= 0.6 is 11.6 Å². The van der Waals surface area contributed by atoms with E-state index in [9.17, 15) is 9.59 Å². The number of benzene rings is 2. The largest absolute Gasteiger partial charge is 0.497 e. The van der Waals surface area contributed by atoms with Gasteiger partial charge in [-0.1, -0.05) is 17.7 Å². The molecule has 0 N–H and O–H groups in total. The van der Waals surface area contributed by atoms with Gasteiger partial charge in [-0.15, -0.1) is 0 Å². The molecule has 0 aromatic heterocycles. The Kier molecular flexibility index (Phi) is 6.39. The quantitative estimate of drug-likeness (QED) is 0.495. The molecule has 194 valence electrons. The SMILES string of the molecule is COC(=O)c1ccc2c(c1)N(C[C@@H]1CC[C@H]1[C@@H]1CC(=O)C=CO1)C[C@@]1(CCCc3cc(Cl)ccc31)CO2. The lowest BCUT2D eigenvalue weighted by Gasteiger charge is -2.46. The van der Waals surface area contributed by atoms with E-state index < -0.39 is 0 Å². The van der Waals surface area contributed by atoms with Crippen molar-refractivity contribution in [3.05, 3.63) is 70.4 Å². The van der Waals surface area contributed by atoms with Gasteiger partial charge in [-0.25, -0.2) is 4.79 Å². The molecule has 2 aromatic rings. The first kappa shape index (κ1) is 24.4. The minimum Gasteiger partial charge on any atom is -0.497 e. The van der Waals surface area contributed by atoms with Crippen molar-refractivity contribution >= 4 is 29.0 Å². The minimum atomic E-state index is -0.359. The second-order valence-electron chi connectivity index (χ2n) is 10.9. The van der Waals surface area contributed by atoms with Gasteiger partial charge in [0.25, 0.3) is 0 Å². The monoisotopic (exact) mass is 521 g/mol. The van der Waals surface area contributed by atoms with Crippen LogP contribution in [0.4, 0.5) is 5.69 Å². The number of esters is 1. The molecular weight excluding hydrogens is 490 g/mol. The lowest BCUT2D eigenvalue weighted by molar-refractivity contribution is -0.120. The summed E-state index contributed by atoms with van der Waals surface area (Å²) in [6, 6.07) is 11.8. The lowest BCUT2D eigenvalue weighted by atomic mass is 9.68. The molecule has 1 spiro atoms. The third-order valence-electron chi connectivity index (χ3n) is 8.78. The fourth-order valence-electron chi connectivity index (χ4n) is 6.74. The van der Waals surface area contributed by atoms with Crippen LogP contribution in [-0.4, -0.2) is 44.7 Å². The van der Waals surface area contributed by atoms with Gasteiger partial charge in [-0.2, -0.15) is 0 Å². The number of carbonyl (C=O) groups is 2. The molecular formula is C30H32ClNO5. The summed E-state index contributed by atoms with van der Waals surface area (Å²) < 4.78 is 17.4. The van der Waals surface area contributed by atoms with Crippen LogP contribution in [0.25, 0.3) is 0 Å². The van der Waals surface area contributed by atoms with Crippen LogP contribution in [0.5, 0.6) is 5.75 Å². The van der Waals surface area contributed by atoms with Gasteiger partial charge in [0.15, 0.2) is 5.78 Å². The Hall–Kier alpha value is -2.99. The molecule has 0 unspecified atom stereocenters. The van der Waals surface area contributed by atoms with Gasteiger partial charge >= 0.3 is 5.97 Å². The van der Waals surface area contributed by atoms with E-state index in [2.05, 4.69) is 17.0 Å². The van der Waals surface area contributed by atoms with Crippen molar-refractivity contribution in [2.24, 2.45) is 11.8 Å². The highest BCUT2D eigenvalue weighted by Gasteiger charge is 2.45. The number of rotatable bonds is 4. The highest BCUT2D eigenvalue weighted by atomic mass is 35.5. The molecule has 6 rings (SSSR count). The number of hydrogen-bond acceptors (Lipinski definition) is 6. The molecule has 0 radical (unpaired) electrons. The van der Waals surface area contributed by atoms with Gasteiger partial charge in [-0.05, 0) is 79.5 Å². The van der Waals surface area contributed by atoms with Crippen molar-refractivity contribution in [2.45, 2.75) is 50.0 Å². The highest BCUT2D eigenvalue weighted by Crippen LogP contribution is 2.47. The maximum absolute atomic E-state index is 12.4. The van der Waals surface area contributed by atoms with Gasteiger partial charge in [0.1, 0.15) is 11.9 Å². The van der Waals surface area contributed by atoms with Crippen LogP contribution in [0.3, 0.4) is 0 Å². The molecule has 6 nitrogen and oxygen atoms in total. The van der Waals surface area contributed by atoms with E-state index in [1.54, 1.807) is 12.3 Å². The smallest absolute Gasteiger partial charge is 0.337 e. The fraction of sp³-hybridized carbons (Fsp3) is 0.467. The fourth-order valence-corrected chi connectivity index (χ4v) is 6.93. The maximum atomic E-state index is 12.4. The topological polar surface area (TPSA) is 65.1 Å². The van der Waals surface area contributed by atoms with Gasteiger partial charge in [0.2, 0.25) is 0 Å². The molecule has 7 heteroatoms. The molecule has 2 aromatic carbocycles. The Labute approximate surface area is 222 Å². The first-order valence-corrected chi connectivity index (χ1v) is 13.6. The number of nitrogens with zero attached hydrogens (tertiary/aromatic N) is 1. The summed E-state index contributed by atoms with van der Waals surface area (Å²) in [5, 5.41) is 0.765. The number of ether oxygens (including phenoxy) is 3. The van der Waals surface area contributed by atoms with Crippen LogP contribution in [-0.2, 0) is 26.1 Å². The van der Waals surface area contributed by atoms with E-state index in [0.717, 1.165) is 61.7 Å². The highest BCUT2D eigenvalue weighted by molar-refractivity contribution is 6.30. The molecule has 0 bridgehead atoms. The Morgan fingerprint density at radius 1 is 1.22 bits per heavy atom. The maximum Gasteiger partial charge on any atom is 0.337 e. The van der Waals surface area contributed by atoms with Crippen molar-refractivity contribution in [3.8, 4) is 5.75 Å². The molecule has 0 amide bonds. The number of methoxy groups -OCH3 is 1. The molecule has 37 heavy (non-hydrogen) atoms. The van der Waals surface area contributed by atoms with E-state index in [1.165, 1.54) is 24.3 Å². The molecule has 1 fully saturated rings. The Morgan fingerprint density at radius 2 is 2.11 bits per heavy atom. The van der Waals surface area contributed by atoms with E-state index in [0.29, 0.717) is 30.4 Å². The predicted molar refractivity (Wildman–Crippen MR) is 141 cm³/mol. The lowest BCUT2D eigenvalue weighted by Crippen LogP contribution is -2.50. The summed E-state index contributed by atoms with van der Waals surface area (Å²) in [7, 11) is 1.40. The average molecular weight is 522 g/mol. The molecule has 4 aliphatic rings. The number of anilines is 1. The van der Waals surface area contributed by atoms with Gasteiger partial charge < -0.3 is 19.1 Å². The number of aryl methyl sites for hydroxylation is 1. The van der Waals surface area contributed by atoms with Crippen molar-refractivity contribution < 1.29 is 23.8 Å².